The first-order chi connectivity index (χ1) is 7.33. The Morgan fingerprint density at radius 2 is 2.20 bits per heavy atom. The zero-order valence-corrected chi connectivity index (χ0v) is 11.0. The smallest absolute Gasteiger partial charge is 0.0160 e. The molecule has 4 atom stereocenters. The Hall–Kier alpha value is 0.310. The SMILES string of the molecule is CCNC(CSC)CC1CC2CCC1C2. The van der Waals surface area contributed by atoms with Gasteiger partial charge in [-0.05, 0) is 56.2 Å². The van der Waals surface area contributed by atoms with Gasteiger partial charge in [0.05, 0.1) is 0 Å². The van der Waals surface area contributed by atoms with E-state index < -0.39 is 0 Å². The molecular formula is C13H25NS. The molecule has 2 fully saturated rings. The lowest BCUT2D eigenvalue weighted by molar-refractivity contribution is 0.287. The van der Waals surface area contributed by atoms with Crippen LogP contribution in [-0.4, -0.2) is 24.6 Å². The van der Waals surface area contributed by atoms with Crippen molar-refractivity contribution in [2.45, 2.75) is 45.1 Å². The van der Waals surface area contributed by atoms with E-state index in [1.54, 1.807) is 12.8 Å². The van der Waals surface area contributed by atoms with E-state index in [1.807, 2.05) is 11.8 Å². The highest BCUT2D eigenvalue weighted by Crippen LogP contribution is 2.49. The van der Waals surface area contributed by atoms with Crippen LogP contribution in [0, 0.1) is 17.8 Å². The van der Waals surface area contributed by atoms with Crippen molar-refractivity contribution in [3.63, 3.8) is 0 Å². The first-order valence-electron chi connectivity index (χ1n) is 6.55. The molecule has 4 unspecified atom stereocenters. The van der Waals surface area contributed by atoms with E-state index >= 15 is 0 Å². The summed E-state index contributed by atoms with van der Waals surface area (Å²) in [5.41, 5.74) is 0. The van der Waals surface area contributed by atoms with Crippen molar-refractivity contribution in [1.29, 1.82) is 0 Å². The van der Waals surface area contributed by atoms with E-state index in [-0.39, 0.29) is 0 Å². The summed E-state index contributed by atoms with van der Waals surface area (Å²) in [5, 5.41) is 3.65. The molecule has 0 saturated heterocycles. The van der Waals surface area contributed by atoms with Crippen molar-refractivity contribution in [2.24, 2.45) is 17.8 Å². The number of fused-ring (bicyclic) bond motifs is 2. The molecule has 2 rings (SSSR count). The third kappa shape index (κ3) is 2.91. The number of thioether (sulfide) groups is 1. The van der Waals surface area contributed by atoms with E-state index in [1.165, 1.54) is 25.0 Å². The maximum Gasteiger partial charge on any atom is 0.0160 e. The van der Waals surface area contributed by atoms with E-state index in [9.17, 15) is 0 Å². The standard InChI is InChI=1S/C13H25NS/c1-3-14-13(9-15-2)8-12-7-10-4-5-11(12)6-10/h10-14H,3-9H2,1-2H3. The minimum Gasteiger partial charge on any atom is -0.313 e. The van der Waals surface area contributed by atoms with Crippen LogP contribution in [0.25, 0.3) is 0 Å². The van der Waals surface area contributed by atoms with Crippen molar-refractivity contribution in [3.05, 3.63) is 0 Å². The van der Waals surface area contributed by atoms with E-state index in [2.05, 4.69) is 18.5 Å². The molecule has 0 aromatic carbocycles. The number of hydrogen-bond acceptors (Lipinski definition) is 2. The lowest BCUT2D eigenvalue weighted by atomic mass is 9.84. The van der Waals surface area contributed by atoms with Crippen LogP contribution in [-0.2, 0) is 0 Å². The van der Waals surface area contributed by atoms with Gasteiger partial charge in [-0.25, -0.2) is 0 Å². The summed E-state index contributed by atoms with van der Waals surface area (Å²) < 4.78 is 0. The predicted molar refractivity (Wildman–Crippen MR) is 69.4 cm³/mol. The maximum atomic E-state index is 3.65. The third-order valence-electron chi connectivity index (χ3n) is 4.33. The summed E-state index contributed by atoms with van der Waals surface area (Å²) in [4.78, 5) is 0. The van der Waals surface area contributed by atoms with Crippen LogP contribution in [0.3, 0.4) is 0 Å². The predicted octanol–water partition coefficient (Wildman–Crippen LogP) is 3.15. The fourth-order valence-corrected chi connectivity index (χ4v) is 4.39. The first-order valence-corrected chi connectivity index (χ1v) is 7.95. The summed E-state index contributed by atoms with van der Waals surface area (Å²) in [6.45, 7) is 3.36. The highest BCUT2D eigenvalue weighted by Gasteiger charge is 2.39. The molecule has 0 spiro atoms. The second-order valence-corrected chi connectivity index (χ2v) is 6.29. The average Bonchev–Trinajstić information content (AvgIpc) is 2.80. The Morgan fingerprint density at radius 1 is 1.33 bits per heavy atom. The summed E-state index contributed by atoms with van der Waals surface area (Å²) in [5.74, 6) is 4.55. The Bertz CT molecular complexity index is 189. The fraction of sp³-hybridized carbons (Fsp3) is 1.00. The minimum atomic E-state index is 0.773. The van der Waals surface area contributed by atoms with Crippen LogP contribution in [0.4, 0.5) is 0 Å². The first kappa shape index (κ1) is 11.8. The van der Waals surface area contributed by atoms with Crippen LogP contribution in [0.1, 0.15) is 39.0 Å². The molecule has 15 heavy (non-hydrogen) atoms. The minimum absolute atomic E-state index is 0.773. The van der Waals surface area contributed by atoms with Crippen molar-refractivity contribution in [3.8, 4) is 0 Å². The highest BCUT2D eigenvalue weighted by atomic mass is 32.2. The van der Waals surface area contributed by atoms with Gasteiger partial charge in [-0.15, -0.1) is 0 Å². The Kier molecular flexibility index (Phi) is 4.39. The van der Waals surface area contributed by atoms with Crippen LogP contribution in [0.2, 0.25) is 0 Å². The molecular weight excluding hydrogens is 202 g/mol. The van der Waals surface area contributed by atoms with Gasteiger partial charge in [0.2, 0.25) is 0 Å². The van der Waals surface area contributed by atoms with Crippen LogP contribution >= 0.6 is 11.8 Å². The number of rotatable bonds is 6. The Morgan fingerprint density at radius 3 is 2.73 bits per heavy atom. The van der Waals surface area contributed by atoms with Gasteiger partial charge in [-0.1, -0.05) is 13.3 Å². The molecule has 1 N–H and O–H groups in total. The fourth-order valence-electron chi connectivity index (χ4n) is 3.73. The Labute approximate surface area is 98.8 Å². The van der Waals surface area contributed by atoms with Gasteiger partial charge < -0.3 is 5.32 Å². The van der Waals surface area contributed by atoms with Gasteiger partial charge in [0.15, 0.2) is 0 Å². The topological polar surface area (TPSA) is 12.0 Å². The van der Waals surface area contributed by atoms with Gasteiger partial charge in [0.1, 0.15) is 0 Å². The van der Waals surface area contributed by atoms with Crippen LogP contribution in [0.5, 0.6) is 0 Å². The van der Waals surface area contributed by atoms with Gasteiger partial charge in [-0.3, -0.25) is 0 Å². The molecule has 0 radical (unpaired) electrons. The lowest BCUT2D eigenvalue weighted by Crippen LogP contribution is -2.34. The van der Waals surface area contributed by atoms with Crippen molar-refractivity contribution >= 4 is 11.8 Å². The molecule has 2 bridgehead atoms. The molecule has 2 aliphatic carbocycles. The summed E-state index contributed by atoms with van der Waals surface area (Å²) in [7, 11) is 0. The number of nitrogens with one attached hydrogen (secondary N) is 1. The van der Waals surface area contributed by atoms with Gasteiger partial charge in [0.25, 0.3) is 0 Å². The Balaban J connectivity index is 1.78. The molecule has 2 heteroatoms. The van der Waals surface area contributed by atoms with Crippen LogP contribution in [0.15, 0.2) is 0 Å². The quantitative estimate of drug-likeness (QED) is 0.748. The molecule has 0 aliphatic heterocycles. The summed E-state index contributed by atoms with van der Waals surface area (Å²) in [6, 6.07) is 0.773. The molecule has 88 valence electrons. The van der Waals surface area contributed by atoms with Crippen molar-refractivity contribution in [2.75, 3.05) is 18.6 Å². The van der Waals surface area contributed by atoms with Crippen molar-refractivity contribution < 1.29 is 0 Å². The summed E-state index contributed by atoms with van der Waals surface area (Å²) in [6.07, 6.45) is 9.84. The maximum absolute atomic E-state index is 3.65. The second kappa shape index (κ2) is 5.58. The monoisotopic (exact) mass is 227 g/mol. The molecule has 2 aliphatic rings. The lowest BCUT2D eigenvalue weighted by Gasteiger charge is -2.26. The van der Waals surface area contributed by atoms with E-state index in [0.29, 0.717) is 0 Å². The van der Waals surface area contributed by atoms with E-state index in [0.717, 1.165) is 30.3 Å². The molecule has 0 amide bonds. The van der Waals surface area contributed by atoms with Gasteiger partial charge in [-0.2, -0.15) is 11.8 Å². The molecule has 0 heterocycles. The largest absolute Gasteiger partial charge is 0.313 e. The van der Waals surface area contributed by atoms with E-state index in [4.69, 9.17) is 0 Å². The molecule has 2 saturated carbocycles. The van der Waals surface area contributed by atoms with Crippen LogP contribution < -0.4 is 5.32 Å². The molecule has 0 aromatic rings. The normalized spacial score (nSPS) is 36.0. The van der Waals surface area contributed by atoms with Crippen molar-refractivity contribution in [1.82, 2.24) is 5.32 Å². The highest BCUT2D eigenvalue weighted by molar-refractivity contribution is 7.98. The van der Waals surface area contributed by atoms with Gasteiger partial charge in [0, 0.05) is 11.8 Å². The molecule has 0 aromatic heterocycles. The second-order valence-electron chi connectivity index (χ2n) is 5.38. The number of hydrogen-bond donors (Lipinski definition) is 1. The third-order valence-corrected chi connectivity index (χ3v) is 5.07. The average molecular weight is 227 g/mol. The molecule has 1 nitrogen and oxygen atoms in total. The van der Waals surface area contributed by atoms with Gasteiger partial charge >= 0.3 is 0 Å². The zero-order chi connectivity index (χ0) is 10.7. The summed E-state index contributed by atoms with van der Waals surface area (Å²) >= 11 is 1.99. The zero-order valence-electron chi connectivity index (χ0n) is 10.2.